The van der Waals surface area contributed by atoms with Crippen molar-refractivity contribution >= 4 is 33.5 Å². The second-order valence-electron chi connectivity index (χ2n) is 7.99. The average molecular weight is 486 g/mol. The van der Waals surface area contributed by atoms with Gasteiger partial charge in [0, 0.05) is 5.56 Å². The number of sulfonamides is 1. The third-order valence-electron chi connectivity index (χ3n) is 5.58. The van der Waals surface area contributed by atoms with Crippen LogP contribution in [-0.4, -0.2) is 51.7 Å². The van der Waals surface area contributed by atoms with Crippen LogP contribution in [0.4, 0.5) is 5.69 Å². The first-order valence-corrected chi connectivity index (χ1v) is 12.7. The minimum atomic E-state index is -3.65. The maximum Gasteiger partial charge on any atom is 0.252 e. The van der Waals surface area contributed by atoms with Crippen molar-refractivity contribution in [3.05, 3.63) is 65.2 Å². The van der Waals surface area contributed by atoms with Crippen molar-refractivity contribution in [2.24, 2.45) is 11.5 Å². The van der Waals surface area contributed by atoms with Crippen molar-refractivity contribution in [1.82, 2.24) is 5.32 Å². The molecule has 1 heterocycles. The third kappa shape index (κ3) is 6.36. The number of amides is 1. The molecule has 0 bridgehead atoms. The third-order valence-corrected chi connectivity index (χ3v) is 7.34. The summed E-state index contributed by atoms with van der Waals surface area (Å²) in [5.74, 6) is -0.485. The molecule has 34 heavy (non-hydrogen) atoms. The van der Waals surface area contributed by atoms with Crippen molar-refractivity contribution in [1.29, 1.82) is 5.41 Å². The van der Waals surface area contributed by atoms with Gasteiger partial charge in [0.1, 0.15) is 17.7 Å². The number of carbonyl (C=O) groups is 1. The Morgan fingerprint density at radius 1 is 1.21 bits per heavy atom. The molecule has 0 saturated carbocycles. The predicted molar refractivity (Wildman–Crippen MR) is 135 cm³/mol. The molecule has 10 heteroatoms. The van der Waals surface area contributed by atoms with E-state index < -0.39 is 15.9 Å². The number of anilines is 1. The predicted octanol–water partition coefficient (Wildman–Crippen LogP) is 2.07. The topological polar surface area (TPSA) is 152 Å². The molecule has 0 aliphatic carbocycles. The van der Waals surface area contributed by atoms with Crippen LogP contribution in [0.2, 0.25) is 0 Å². The highest BCUT2D eigenvalue weighted by molar-refractivity contribution is 7.92. The lowest BCUT2D eigenvalue weighted by atomic mass is 10.1. The fourth-order valence-corrected chi connectivity index (χ4v) is 4.75. The zero-order valence-corrected chi connectivity index (χ0v) is 20.0. The number of piperidine rings is 1. The molecule has 1 fully saturated rings. The van der Waals surface area contributed by atoms with Gasteiger partial charge in [-0.3, -0.25) is 14.5 Å². The molecule has 0 radical (unpaired) electrons. The quantitative estimate of drug-likeness (QED) is 0.299. The molecule has 6 N–H and O–H groups in total. The van der Waals surface area contributed by atoms with Gasteiger partial charge in [0.25, 0.3) is 5.91 Å². The van der Waals surface area contributed by atoms with E-state index >= 15 is 0 Å². The summed E-state index contributed by atoms with van der Waals surface area (Å²) >= 11 is 0. The Labute approximate surface area is 200 Å². The van der Waals surface area contributed by atoms with Crippen LogP contribution in [0.5, 0.6) is 5.75 Å². The van der Waals surface area contributed by atoms with Gasteiger partial charge in [-0.05, 0) is 62.7 Å². The van der Waals surface area contributed by atoms with Gasteiger partial charge >= 0.3 is 0 Å². The molecule has 0 unspecified atom stereocenters. The van der Waals surface area contributed by atoms with E-state index in [9.17, 15) is 13.2 Å². The van der Waals surface area contributed by atoms with Gasteiger partial charge in [-0.15, -0.1) is 0 Å². The Morgan fingerprint density at radius 2 is 1.94 bits per heavy atom. The van der Waals surface area contributed by atoms with E-state index in [0.717, 1.165) is 31.5 Å². The van der Waals surface area contributed by atoms with Gasteiger partial charge in [0.15, 0.2) is 0 Å². The number of ether oxygens (including phenoxy) is 1. The van der Waals surface area contributed by atoms with Crippen molar-refractivity contribution in [2.45, 2.75) is 25.9 Å². The highest BCUT2D eigenvalue weighted by Crippen LogP contribution is 2.29. The van der Waals surface area contributed by atoms with Crippen LogP contribution in [0.1, 0.15) is 41.3 Å². The second kappa shape index (κ2) is 11.2. The van der Waals surface area contributed by atoms with E-state index in [-0.39, 0.29) is 29.8 Å². The zero-order chi connectivity index (χ0) is 24.7. The first kappa shape index (κ1) is 25.3. The van der Waals surface area contributed by atoms with Gasteiger partial charge in [-0.25, -0.2) is 8.42 Å². The lowest BCUT2D eigenvalue weighted by molar-refractivity contribution is 0.0989. The van der Waals surface area contributed by atoms with Crippen molar-refractivity contribution in [3.8, 4) is 5.75 Å². The number of hydrogen-bond acceptors (Lipinski definition) is 6. The lowest BCUT2D eigenvalue weighted by Gasteiger charge is -2.26. The lowest BCUT2D eigenvalue weighted by Crippen LogP contribution is -2.35. The van der Waals surface area contributed by atoms with Crippen LogP contribution in [0, 0.1) is 5.41 Å². The number of amidine groups is 1. The average Bonchev–Trinajstić information content (AvgIpc) is 2.83. The summed E-state index contributed by atoms with van der Waals surface area (Å²) in [6, 6.07) is 11.8. The zero-order valence-electron chi connectivity index (χ0n) is 19.2. The molecule has 1 aliphatic rings. The highest BCUT2D eigenvalue weighted by atomic mass is 32.2. The molecule has 1 saturated heterocycles. The van der Waals surface area contributed by atoms with E-state index in [2.05, 4.69) is 5.32 Å². The van der Waals surface area contributed by atoms with Gasteiger partial charge in [-0.1, -0.05) is 30.4 Å². The van der Waals surface area contributed by atoms with Crippen molar-refractivity contribution < 1.29 is 17.9 Å². The van der Waals surface area contributed by atoms with Crippen LogP contribution in [-0.2, 0) is 10.0 Å². The molecule has 0 spiro atoms. The molecule has 0 atom stereocenters. The van der Waals surface area contributed by atoms with E-state index in [4.69, 9.17) is 21.6 Å². The molecule has 2 aromatic rings. The molecule has 1 amide bonds. The van der Waals surface area contributed by atoms with E-state index in [1.807, 2.05) is 6.07 Å². The van der Waals surface area contributed by atoms with Crippen LogP contribution < -0.4 is 25.8 Å². The molecular weight excluding hydrogens is 454 g/mol. The fourth-order valence-electron chi connectivity index (χ4n) is 3.69. The van der Waals surface area contributed by atoms with Gasteiger partial charge in [0.2, 0.25) is 10.0 Å². The normalized spacial score (nSPS) is 14.7. The standard InChI is InChI=1S/C24H31N5O4S/c1-2-34(31,32)29(14-4-6-17-5-3-7-18(15-17)23(25)26)19-8-9-22(21(16-19)24(27)30)33-20-10-12-28-13-11-20/h3-9,15-16,20,28H,2,10-14H2,1H3,(H3,25,26)(H2,27,30). The van der Waals surface area contributed by atoms with Crippen LogP contribution in [0.15, 0.2) is 48.5 Å². The van der Waals surface area contributed by atoms with E-state index in [1.165, 1.54) is 10.4 Å². The van der Waals surface area contributed by atoms with Crippen molar-refractivity contribution in [3.63, 3.8) is 0 Å². The first-order valence-electron chi connectivity index (χ1n) is 11.1. The number of carbonyl (C=O) groups excluding carboxylic acids is 1. The SMILES string of the molecule is CCS(=O)(=O)N(CC=Cc1cccc(C(=N)N)c1)c1ccc(OC2CCNCC2)c(C(N)=O)c1. The smallest absolute Gasteiger partial charge is 0.252 e. The summed E-state index contributed by atoms with van der Waals surface area (Å²) in [4.78, 5) is 12.2. The number of benzene rings is 2. The van der Waals surface area contributed by atoms with Crippen LogP contribution >= 0.6 is 0 Å². The maximum atomic E-state index is 12.9. The van der Waals surface area contributed by atoms with E-state index in [0.29, 0.717) is 17.0 Å². The Balaban J connectivity index is 1.88. The maximum absolute atomic E-state index is 12.9. The monoisotopic (exact) mass is 485 g/mol. The summed E-state index contributed by atoms with van der Waals surface area (Å²) in [6.45, 7) is 3.27. The number of rotatable bonds is 10. The number of hydrogen-bond donors (Lipinski definition) is 4. The number of nitrogens with one attached hydrogen (secondary N) is 2. The Hall–Kier alpha value is -3.37. The number of primary amides is 1. The Kier molecular flexibility index (Phi) is 8.30. The summed E-state index contributed by atoms with van der Waals surface area (Å²) in [5, 5.41) is 10.8. The fraction of sp³-hybridized carbons (Fsp3) is 0.333. The molecule has 3 rings (SSSR count). The number of nitrogen functional groups attached to an aromatic ring is 1. The molecule has 0 aromatic heterocycles. The minimum absolute atomic E-state index is 0.0330. The van der Waals surface area contributed by atoms with Crippen LogP contribution in [0.3, 0.4) is 0 Å². The van der Waals surface area contributed by atoms with Gasteiger partial charge in [-0.2, -0.15) is 0 Å². The molecule has 2 aromatic carbocycles. The van der Waals surface area contributed by atoms with Gasteiger partial charge in [0.05, 0.1) is 23.5 Å². The molecule has 1 aliphatic heterocycles. The molecular formula is C24H31N5O4S. The number of nitrogens with zero attached hydrogens (tertiary/aromatic N) is 1. The Bertz CT molecular complexity index is 1170. The van der Waals surface area contributed by atoms with Crippen molar-refractivity contribution in [2.75, 3.05) is 29.7 Å². The summed E-state index contributed by atoms with van der Waals surface area (Å²) in [7, 11) is -3.65. The molecule has 182 valence electrons. The second-order valence-corrected chi connectivity index (χ2v) is 10.2. The van der Waals surface area contributed by atoms with Crippen LogP contribution in [0.25, 0.3) is 6.08 Å². The van der Waals surface area contributed by atoms with E-state index in [1.54, 1.807) is 49.4 Å². The summed E-state index contributed by atoms with van der Waals surface area (Å²) in [5.41, 5.74) is 13.0. The number of nitrogens with two attached hydrogens (primary N) is 2. The molecule has 9 nitrogen and oxygen atoms in total. The summed E-state index contributed by atoms with van der Waals surface area (Å²) in [6.07, 6.45) is 5.05. The van der Waals surface area contributed by atoms with Gasteiger partial charge < -0.3 is 21.5 Å². The minimum Gasteiger partial charge on any atom is -0.489 e. The largest absolute Gasteiger partial charge is 0.489 e. The highest BCUT2D eigenvalue weighted by Gasteiger charge is 2.23. The summed E-state index contributed by atoms with van der Waals surface area (Å²) < 4.78 is 33.0. The first-order chi connectivity index (χ1) is 16.2. The Morgan fingerprint density at radius 3 is 2.59 bits per heavy atom.